The summed E-state index contributed by atoms with van der Waals surface area (Å²) < 4.78 is 1.97. The highest BCUT2D eigenvalue weighted by atomic mass is 32.1. The van der Waals surface area contributed by atoms with E-state index in [0.717, 1.165) is 39.8 Å². The van der Waals surface area contributed by atoms with Crippen LogP contribution in [-0.2, 0) is 12.8 Å². The van der Waals surface area contributed by atoms with Crippen LogP contribution in [0.3, 0.4) is 0 Å². The van der Waals surface area contributed by atoms with Gasteiger partial charge in [-0.2, -0.15) is 0 Å². The van der Waals surface area contributed by atoms with Crippen molar-refractivity contribution in [2.45, 2.75) is 32.6 Å². The third kappa shape index (κ3) is 2.96. The smallest absolute Gasteiger partial charge is 0.164 e. The number of hydrogen-bond acceptors (Lipinski definition) is 5. The molecule has 4 heterocycles. The number of imidazole rings is 1. The fraction of sp³-hybridized carbons (Fsp3) is 0.238. The molecule has 0 unspecified atom stereocenters. The second kappa shape index (κ2) is 6.70. The van der Waals surface area contributed by atoms with Gasteiger partial charge in [0.25, 0.3) is 0 Å². The van der Waals surface area contributed by atoms with Gasteiger partial charge in [-0.05, 0) is 61.9 Å². The van der Waals surface area contributed by atoms with Crippen molar-refractivity contribution in [2.24, 2.45) is 0 Å². The highest BCUT2D eigenvalue weighted by Crippen LogP contribution is 2.38. The molecular weight excluding hydrogens is 354 g/mol. The Morgan fingerprint density at radius 1 is 0.963 bits per heavy atom. The molecule has 0 saturated heterocycles. The Kier molecular flexibility index (Phi) is 4.05. The molecule has 1 aliphatic rings. The standard InChI is InChI=1S/C21H19N5S/c1-14-6-7-17(23-12-14)18-8-9-19(27-18)20-15-4-2-3-5-16(15)21(25-24-20)26-11-10-22-13-26/h6-13H,2-5H2,1H3. The summed E-state index contributed by atoms with van der Waals surface area (Å²) in [5, 5.41) is 9.20. The molecule has 5 rings (SSSR count). The van der Waals surface area contributed by atoms with Gasteiger partial charge in [0, 0.05) is 24.2 Å². The van der Waals surface area contributed by atoms with E-state index in [1.807, 2.05) is 17.0 Å². The summed E-state index contributed by atoms with van der Waals surface area (Å²) in [6.45, 7) is 2.06. The van der Waals surface area contributed by atoms with Crippen LogP contribution in [0.1, 0.15) is 29.5 Å². The molecular formula is C21H19N5S. The van der Waals surface area contributed by atoms with Gasteiger partial charge < -0.3 is 0 Å². The topological polar surface area (TPSA) is 56.5 Å². The van der Waals surface area contributed by atoms with Gasteiger partial charge in [0.15, 0.2) is 5.82 Å². The van der Waals surface area contributed by atoms with E-state index in [-0.39, 0.29) is 0 Å². The number of aryl methyl sites for hydroxylation is 1. The minimum absolute atomic E-state index is 0.919. The second-order valence-corrected chi connectivity index (χ2v) is 7.97. The van der Waals surface area contributed by atoms with Gasteiger partial charge in [-0.1, -0.05) is 6.07 Å². The zero-order valence-electron chi connectivity index (χ0n) is 15.1. The lowest BCUT2D eigenvalue weighted by Crippen LogP contribution is -2.13. The first-order valence-corrected chi connectivity index (χ1v) is 10.0. The SMILES string of the molecule is Cc1ccc(-c2ccc(-c3nnc(-n4ccnc4)c4c3CCCC4)s2)nc1. The van der Waals surface area contributed by atoms with E-state index in [9.17, 15) is 0 Å². The Labute approximate surface area is 161 Å². The maximum Gasteiger partial charge on any atom is 0.164 e. The van der Waals surface area contributed by atoms with E-state index in [1.54, 1.807) is 23.9 Å². The lowest BCUT2D eigenvalue weighted by Gasteiger charge is -2.20. The van der Waals surface area contributed by atoms with Crippen LogP contribution in [0.5, 0.6) is 0 Å². The van der Waals surface area contributed by atoms with E-state index in [4.69, 9.17) is 0 Å². The summed E-state index contributed by atoms with van der Waals surface area (Å²) in [6.07, 6.45) is 11.9. The summed E-state index contributed by atoms with van der Waals surface area (Å²) in [5.74, 6) is 0.919. The van der Waals surface area contributed by atoms with Gasteiger partial charge in [0.1, 0.15) is 12.0 Å². The first kappa shape index (κ1) is 16.3. The lowest BCUT2D eigenvalue weighted by atomic mass is 9.90. The molecule has 0 aromatic carbocycles. The molecule has 134 valence electrons. The Bertz CT molecular complexity index is 1080. The Balaban J connectivity index is 1.59. The van der Waals surface area contributed by atoms with Gasteiger partial charge >= 0.3 is 0 Å². The van der Waals surface area contributed by atoms with E-state index >= 15 is 0 Å². The van der Waals surface area contributed by atoms with Crippen LogP contribution in [0.15, 0.2) is 49.2 Å². The Hall–Kier alpha value is -2.86. The molecule has 0 aliphatic heterocycles. The maximum absolute atomic E-state index is 4.63. The Morgan fingerprint density at radius 2 is 1.81 bits per heavy atom. The predicted molar refractivity (Wildman–Crippen MR) is 107 cm³/mol. The van der Waals surface area contributed by atoms with Crippen molar-refractivity contribution in [1.82, 2.24) is 24.7 Å². The molecule has 4 aromatic heterocycles. The lowest BCUT2D eigenvalue weighted by molar-refractivity contribution is 0.668. The normalized spacial score (nSPS) is 13.5. The van der Waals surface area contributed by atoms with E-state index in [0.29, 0.717) is 0 Å². The highest BCUT2D eigenvalue weighted by Gasteiger charge is 2.22. The van der Waals surface area contributed by atoms with Crippen LogP contribution in [0.25, 0.3) is 27.0 Å². The molecule has 6 heteroatoms. The third-order valence-corrected chi connectivity index (χ3v) is 6.13. The van der Waals surface area contributed by atoms with E-state index in [2.05, 4.69) is 51.4 Å². The Morgan fingerprint density at radius 3 is 2.59 bits per heavy atom. The molecule has 0 saturated carbocycles. The monoisotopic (exact) mass is 373 g/mol. The van der Waals surface area contributed by atoms with Gasteiger partial charge in [0.05, 0.1) is 15.4 Å². The summed E-state index contributed by atoms with van der Waals surface area (Å²) in [7, 11) is 0. The number of thiophene rings is 1. The molecule has 0 fully saturated rings. The molecule has 0 atom stereocenters. The molecule has 4 aromatic rings. The zero-order chi connectivity index (χ0) is 18.2. The quantitative estimate of drug-likeness (QED) is 0.525. The maximum atomic E-state index is 4.63. The average molecular weight is 373 g/mol. The average Bonchev–Trinajstić information content (AvgIpc) is 3.40. The summed E-state index contributed by atoms with van der Waals surface area (Å²) in [5.41, 5.74) is 5.86. The minimum atomic E-state index is 0.919. The summed E-state index contributed by atoms with van der Waals surface area (Å²) in [4.78, 5) is 11.0. The van der Waals surface area contributed by atoms with Crippen molar-refractivity contribution >= 4 is 11.3 Å². The van der Waals surface area contributed by atoms with Crippen molar-refractivity contribution in [1.29, 1.82) is 0 Å². The number of nitrogens with zero attached hydrogens (tertiary/aromatic N) is 5. The van der Waals surface area contributed by atoms with Crippen molar-refractivity contribution in [3.63, 3.8) is 0 Å². The van der Waals surface area contributed by atoms with Crippen molar-refractivity contribution in [2.75, 3.05) is 0 Å². The molecule has 27 heavy (non-hydrogen) atoms. The second-order valence-electron chi connectivity index (χ2n) is 6.89. The fourth-order valence-corrected chi connectivity index (χ4v) is 4.63. The van der Waals surface area contributed by atoms with Gasteiger partial charge in [-0.25, -0.2) is 4.98 Å². The van der Waals surface area contributed by atoms with Crippen LogP contribution >= 0.6 is 11.3 Å². The third-order valence-electron chi connectivity index (χ3n) is 5.02. The number of rotatable bonds is 3. The number of pyridine rings is 1. The van der Waals surface area contributed by atoms with E-state index < -0.39 is 0 Å². The van der Waals surface area contributed by atoms with Gasteiger partial charge in [0.2, 0.25) is 0 Å². The van der Waals surface area contributed by atoms with Crippen molar-refractivity contribution in [3.8, 4) is 27.0 Å². The molecule has 0 radical (unpaired) electrons. The van der Waals surface area contributed by atoms with Crippen LogP contribution < -0.4 is 0 Å². The summed E-state index contributed by atoms with van der Waals surface area (Å²) >= 11 is 1.74. The predicted octanol–water partition coefficient (Wildman–Crippen LogP) is 4.64. The highest BCUT2D eigenvalue weighted by molar-refractivity contribution is 7.18. The van der Waals surface area contributed by atoms with Crippen molar-refractivity contribution < 1.29 is 0 Å². The molecule has 0 amide bonds. The van der Waals surface area contributed by atoms with Gasteiger partial charge in [-0.3, -0.25) is 9.55 Å². The van der Waals surface area contributed by atoms with Crippen LogP contribution in [-0.4, -0.2) is 24.7 Å². The summed E-state index contributed by atoms with van der Waals surface area (Å²) in [6, 6.07) is 8.47. The number of fused-ring (bicyclic) bond motifs is 1. The molecule has 0 spiro atoms. The first-order chi connectivity index (χ1) is 13.3. The van der Waals surface area contributed by atoms with Gasteiger partial charge in [-0.15, -0.1) is 21.5 Å². The molecule has 1 aliphatic carbocycles. The molecule has 0 bridgehead atoms. The fourth-order valence-electron chi connectivity index (χ4n) is 3.64. The van der Waals surface area contributed by atoms with Crippen LogP contribution in [0.2, 0.25) is 0 Å². The zero-order valence-corrected chi connectivity index (χ0v) is 15.9. The minimum Gasteiger partial charge on any atom is -0.289 e. The number of hydrogen-bond donors (Lipinski definition) is 0. The molecule has 5 nitrogen and oxygen atoms in total. The van der Waals surface area contributed by atoms with Crippen molar-refractivity contribution in [3.05, 3.63) is 65.9 Å². The van der Waals surface area contributed by atoms with E-state index in [1.165, 1.54) is 29.5 Å². The molecule has 0 N–H and O–H groups in total. The first-order valence-electron chi connectivity index (χ1n) is 9.19. The van der Waals surface area contributed by atoms with Crippen LogP contribution in [0.4, 0.5) is 0 Å². The largest absolute Gasteiger partial charge is 0.289 e. The van der Waals surface area contributed by atoms with Crippen LogP contribution in [0, 0.1) is 6.92 Å². The number of aromatic nitrogens is 5.